The van der Waals surface area contributed by atoms with Crippen molar-refractivity contribution in [3.05, 3.63) is 83.3 Å². The van der Waals surface area contributed by atoms with Crippen molar-refractivity contribution in [2.45, 2.75) is 65.5 Å². The molecule has 0 bridgehead atoms. The SMILES string of the molecule is Cc1cccc(-c2cc(C(=O)[C@@H](Cc3ccccc3)C(=O)N3C(=O)OC(C)(C)[C@@H]3C(C)C)oc2CCCOCCO)c1. The molecule has 2 atom stereocenters. The zero-order chi connectivity index (χ0) is 30.4. The molecule has 42 heavy (non-hydrogen) atoms. The van der Waals surface area contributed by atoms with E-state index in [0.717, 1.165) is 27.2 Å². The molecule has 1 aliphatic rings. The van der Waals surface area contributed by atoms with Gasteiger partial charge in [0.05, 0.1) is 19.3 Å². The monoisotopic (exact) mass is 575 g/mol. The highest BCUT2D eigenvalue weighted by Gasteiger charge is 2.54. The average molecular weight is 576 g/mol. The normalized spacial score (nSPS) is 17.0. The molecule has 8 heteroatoms. The number of ether oxygens (including phenoxy) is 2. The second kappa shape index (κ2) is 13.5. The number of carbonyl (C=O) groups excluding carboxylic acids is 3. The van der Waals surface area contributed by atoms with Crippen LogP contribution in [0.15, 0.2) is 65.1 Å². The van der Waals surface area contributed by atoms with Crippen LogP contribution in [0, 0.1) is 18.8 Å². The van der Waals surface area contributed by atoms with Gasteiger partial charge >= 0.3 is 6.09 Å². The smallest absolute Gasteiger partial charge is 0.417 e. The standard InChI is InChI=1S/C34H41NO7/c1-22(2)31-34(4,5)42-33(39)35(31)32(38)27(20-24-12-7-6-8-13-24)30(37)29-21-26(25-14-9-11-23(3)19-25)28(41-29)15-10-17-40-18-16-36/h6-9,11-14,19,21-22,27,31,36H,10,15-18,20H2,1-5H3/t27-,31+/m1/s1. The lowest BCUT2D eigenvalue weighted by Gasteiger charge is -2.32. The average Bonchev–Trinajstić information content (AvgIpc) is 3.48. The predicted octanol–water partition coefficient (Wildman–Crippen LogP) is 6.02. The largest absolute Gasteiger partial charge is 0.457 e. The fourth-order valence-corrected chi connectivity index (χ4v) is 5.86. The summed E-state index contributed by atoms with van der Waals surface area (Å²) in [4.78, 5) is 42.6. The number of carbonyl (C=O) groups is 3. The Kier molecular flexibility index (Phi) is 10.0. The Hall–Kier alpha value is -3.75. The van der Waals surface area contributed by atoms with E-state index in [-0.39, 0.29) is 31.3 Å². The van der Waals surface area contributed by atoms with E-state index in [2.05, 4.69) is 0 Å². The van der Waals surface area contributed by atoms with E-state index in [1.165, 1.54) is 0 Å². The second-order valence-electron chi connectivity index (χ2n) is 11.7. The number of rotatable bonds is 13. The molecule has 3 aromatic rings. The number of ketones is 1. The molecule has 0 saturated carbocycles. The Morgan fingerprint density at radius 3 is 2.45 bits per heavy atom. The van der Waals surface area contributed by atoms with Crippen LogP contribution in [0.25, 0.3) is 11.1 Å². The van der Waals surface area contributed by atoms with Crippen molar-refractivity contribution >= 4 is 17.8 Å². The molecule has 1 N–H and O–H groups in total. The summed E-state index contributed by atoms with van der Waals surface area (Å²) in [6.45, 7) is 10.1. The van der Waals surface area contributed by atoms with Crippen LogP contribution in [0.1, 0.15) is 61.6 Å². The molecular weight excluding hydrogens is 534 g/mol. The maximum atomic E-state index is 14.2. The molecule has 2 amide bonds. The highest BCUT2D eigenvalue weighted by Crippen LogP contribution is 2.37. The first-order valence-corrected chi connectivity index (χ1v) is 14.6. The zero-order valence-corrected chi connectivity index (χ0v) is 25.1. The first-order valence-electron chi connectivity index (χ1n) is 14.6. The van der Waals surface area contributed by atoms with Crippen molar-refractivity contribution < 1.29 is 33.4 Å². The maximum Gasteiger partial charge on any atom is 0.417 e. The number of aliphatic hydroxyl groups excluding tert-OH is 1. The molecule has 1 saturated heterocycles. The number of furan rings is 1. The Bertz CT molecular complexity index is 1390. The highest BCUT2D eigenvalue weighted by atomic mass is 16.6. The van der Waals surface area contributed by atoms with Crippen LogP contribution < -0.4 is 0 Å². The summed E-state index contributed by atoms with van der Waals surface area (Å²) in [6, 6.07) is 18.4. The molecule has 4 rings (SSSR count). The van der Waals surface area contributed by atoms with Crippen LogP contribution >= 0.6 is 0 Å². The maximum absolute atomic E-state index is 14.2. The van der Waals surface area contributed by atoms with E-state index in [0.29, 0.717) is 25.2 Å². The van der Waals surface area contributed by atoms with Crippen molar-refractivity contribution in [2.75, 3.05) is 19.8 Å². The Morgan fingerprint density at radius 2 is 1.79 bits per heavy atom. The third kappa shape index (κ3) is 6.99. The molecular formula is C34H41NO7. The van der Waals surface area contributed by atoms with Gasteiger partial charge in [0.2, 0.25) is 11.7 Å². The van der Waals surface area contributed by atoms with Gasteiger partial charge in [-0.1, -0.05) is 74.0 Å². The van der Waals surface area contributed by atoms with Crippen molar-refractivity contribution in [2.24, 2.45) is 11.8 Å². The number of aryl methyl sites for hydroxylation is 2. The lowest BCUT2D eigenvalue weighted by Crippen LogP contribution is -2.51. The highest BCUT2D eigenvalue weighted by molar-refractivity contribution is 6.12. The lowest BCUT2D eigenvalue weighted by atomic mass is 9.86. The van der Waals surface area contributed by atoms with Crippen molar-refractivity contribution in [3.63, 3.8) is 0 Å². The Balaban J connectivity index is 1.72. The summed E-state index contributed by atoms with van der Waals surface area (Å²) in [5.74, 6) is -1.67. The van der Waals surface area contributed by atoms with Gasteiger partial charge in [-0.15, -0.1) is 0 Å². The van der Waals surface area contributed by atoms with Gasteiger partial charge in [0, 0.05) is 18.6 Å². The first kappa shape index (κ1) is 31.2. The van der Waals surface area contributed by atoms with Crippen LogP contribution in [0.4, 0.5) is 4.79 Å². The van der Waals surface area contributed by atoms with E-state index in [1.54, 1.807) is 19.9 Å². The zero-order valence-electron chi connectivity index (χ0n) is 25.1. The Morgan fingerprint density at radius 1 is 1.05 bits per heavy atom. The molecule has 0 spiro atoms. The number of benzene rings is 2. The van der Waals surface area contributed by atoms with Crippen LogP contribution in [-0.2, 0) is 27.1 Å². The number of hydrogen-bond donors (Lipinski definition) is 1. The van der Waals surface area contributed by atoms with E-state index in [1.807, 2.05) is 75.4 Å². The number of cyclic esters (lactones) is 1. The lowest BCUT2D eigenvalue weighted by molar-refractivity contribution is -0.133. The fourth-order valence-electron chi connectivity index (χ4n) is 5.86. The third-order valence-corrected chi connectivity index (χ3v) is 7.61. The topological polar surface area (TPSA) is 106 Å². The molecule has 2 heterocycles. The molecule has 0 unspecified atom stereocenters. The number of nitrogens with zero attached hydrogens (tertiary/aromatic N) is 1. The first-order chi connectivity index (χ1) is 20.0. The van der Waals surface area contributed by atoms with Crippen LogP contribution in [0.2, 0.25) is 0 Å². The minimum atomic E-state index is -1.19. The Labute approximate surface area is 247 Å². The second-order valence-corrected chi connectivity index (χ2v) is 11.7. The van der Waals surface area contributed by atoms with Gasteiger partial charge in [0.25, 0.3) is 0 Å². The van der Waals surface area contributed by atoms with Crippen molar-refractivity contribution in [1.82, 2.24) is 4.90 Å². The van der Waals surface area contributed by atoms with Crippen LogP contribution in [0.3, 0.4) is 0 Å². The molecule has 1 fully saturated rings. The molecule has 2 aromatic carbocycles. The molecule has 1 aliphatic heterocycles. The predicted molar refractivity (Wildman–Crippen MR) is 159 cm³/mol. The number of imide groups is 1. The number of amides is 2. The van der Waals surface area contributed by atoms with E-state index >= 15 is 0 Å². The number of Topliss-reactive ketones (excluding diaryl/α,β-unsaturated/α-hetero) is 1. The van der Waals surface area contributed by atoms with Crippen LogP contribution in [0.5, 0.6) is 0 Å². The minimum Gasteiger partial charge on any atom is -0.457 e. The molecule has 0 radical (unpaired) electrons. The van der Waals surface area contributed by atoms with Gasteiger partial charge in [-0.05, 0) is 56.7 Å². The minimum absolute atomic E-state index is 0.0514. The van der Waals surface area contributed by atoms with Gasteiger partial charge in [0.15, 0.2) is 5.76 Å². The number of hydrogen-bond acceptors (Lipinski definition) is 7. The van der Waals surface area contributed by atoms with Gasteiger partial charge < -0.3 is 19.0 Å². The summed E-state index contributed by atoms with van der Waals surface area (Å²) >= 11 is 0. The summed E-state index contributed by atoms with van der Waals surface area (Å²) in [7, 11) is 0. The van der Waals surface area contributed by atoms with Gasteiger partial charge in [-0.3, -0.25) is 9.59 Å². The van der Waals surface area contributed by atoms with Gasteiger partial charge in [-0.2, -0.15) is 0 Å². The summed E-state index contributed by atoms with van der Waals surface area (Å²) < 4.78 is 17.2. The fraction of sp³-hybridized carbons (Fsp3) is 0.441. The third-order valence-electron chi connectivity index (χ3n) is 7.61. The van der Waals surface area contributed by atoms with Crippen molar-refractivity contribution in [3.8, 4) is 11.1 Å². The quantitative estimate of drug-likeness (QED) is 0.151. The number of aliphatic hydroxyl groups is 1. The van der Waals surface area contributed by atoms with E-state index in [4.69, 9.17) is 19.0 Å². The summed E-state index contributed by atoms with van der Waals surface area (Å²) in [5.41, 5.74) is 2.64. The summed E-state index contributed by atoms with van der Waals surface area (Å²) in [5, 5.41) is 9.00. The molecule has 224 valence electrons. The van der Waals surface area contributed by atoms with E-state index < -0.39 is 35.3 Å². The molecule has 8 nitrogen and oxygen atoms in total. The van der Waals surface area contributed by atoms with Crippen LogP contribution in [-0.4, -0.2) is 59.3 Å². The van der Waals surface area contributed by atoms with E-state index in [9.17, 15) is 14.4 Å². The van der Waals surface area contributed by atoms with Gasteiger partial charge in [0.1, 0.15) is 17.3 Å². The summed E-state index contributed by atoms with van der Waals surface area (Å²) in [6.07, 6.45) is 0.495. The van der Waals surface area contributed by atoms with Gasteiger partial charge in [-0.25, -0.2) is 9.69 Å². The molecule has 1 aromatic heterocycles. The molecule has 0 aliphatic carbocycles. The van der Waals surface area contributed by atoms with Crippen molar-refractivity contribution in [1.29, 1.82) is 0 Å².